The van der Waals surface area contributed by atoms with E-state index in [-0.39, 0.29) is 56.4 Å². The first-order valence-electron chi connectivity index (χ1n) is 13.0. The van der Waals surface area contributed by atoms with E-state index in [2.05, 4.69) is 10.6 Å². The number of carbonyl (C=O) groups is 4. The van der Waals surface area contributed by atoms with Gasteiger partial charge in [0.05, 0.1) is 19.1 Å². The molecular formula is C27H39N3O7. The van der Waals surface area contributed by atoms with Crippen LogP contribution in [0.5, 0.6) is 11.5 Å². The van der Waals surface area contributed by atoms with Crippen LogP contribution in [-0.2, 0) is 30.3 Å². The second-order valence-corrected chi connectivity index (χ2v) is 9.84. The van der Waals surface area contributed by atoms with E-state index in [9.17, 15) is 19.2 Å². The van der Waals surface area contributed by atoms with E-state index in [1.165, 1.54) is 14.0 Å². The number of rotatable bonds is 5. The molecule has 3 rings (SSSR count). The standard InChI is InChI=1S/C27H39N3O7/c1-4-36-26(34)27(15-20-7-8-20)16-21-9-10-22(35-3)23(14-21)37-17-25(33)28-11-13-30(19(2)31)12-5-6-24(32)29-18-27/h9-10,14,20H,4-8,11-13,15-18H2,1-3H3,(H,28,33)(H,29,32). The predicted molar refractivity (Wildman–Crippen MR) is 136 cm³/mol. The van der Waals surface area contributed by atoms with Gasteiger partial charge in [-0.05, 0) is 49.8 Å². The highest BCUT2D eigenvalue weighted by Crippen LogP contribution is 2.43. The molecule has 1 unspecified atom stereocenters. The second-order valence-electron chi connectivity index (χ2n) is 9.84. The molecule has 1 aromatic carbocycles. The molecule has 10 nitrogen and oxygen atoms in total. The maximum absolute atomic E-state index is 13.4. The van der Waals surface area contributed by atoms with Gasteiger partial charge < -0.3 is 29.7 Å². The van der Waals surface area contributed by atoms with E-state index < -0.39 is 5.41 Å². The molecule has 1 fully saturated rings. The van der Waals surface area contributed by atoms with Gasteiger partial charge in [-0.25, -0.2) is 0 Å². The van der Waals surface area contributed by atoms with Gasteiger partial charge in [0.25, 0.3) is 5.91 Å². The average Bonchev–Trinajstić information content (AvgIpc) is 3.68. The Balaban J connectivity index is 1.92. The molecule has 1 saturated carbocycles. The van der Waals surface area contributed by atoms with E-state index >= 15 is 0 Å². The van der Waals surface area contributed by atoms with Crippen molar-refractivity contribution in [3.8, 4) is 11.5 Å². The highest BCUT2D eigenvalue weighted by atomic mass is 16.5. The molecule has 3 amide bonds. The highest BCUT2D eigenvalue weighted by Gasteiger charge is 2.44. The fraction of sp³-hybridized carbons (Fsp3) is 0.630. The molecule has 2 N–H and O–H groups in total. The Morgan fingerprint density at radius 1 is 1.16 bits per heavy atom. The molecule has 0 spiro atoms. The SMILES string of the molecule is CCOC(=O)C1(CC2CC2)CNC(=O)CCCN(C(C)=O)CCNC(=O)COc2cc(ccc2OC)C1. The first-order valence-corrected chi connectivity index (χ1v) is 13.0. The van der Waals surface area contributed by atoms with E-state index in [0.29, 0.717) is 49.8 Å². The summed E-state index contributed by atoms with van der Waals surface area (Å²) in [6.45, 7) is 4.40. The number of hydrogen-bond donors (Lipinski definition) is 2. The number of benzene rings is 1. The number of esters is 1. The van der Waals surface area contributed by atoms with Crippen LogP contribution in [0.1, 0.15) is 51.5 Å². The van der Waals surface area contributed by atoms with Gasteiger partial charge in [0.2, 0.25) is 11.8 Å². The number of amides is 3. The molecule has 1 atom stereocenters. The Kier molecular flexibility index (Phi) is 10.2. The Hall–Kier alpha value is -3.30. The van der Waals surface area contributed by atoms with Crippen molar-refractivity contribution in [1.82, 2.24) is 15.5 Å². The highest BCUT2D eigenvalue weighted by molar-refractivity contribution is 5.81. The molecule has 204 valence electrons. The summed E-state index contributed by atoms with van der Waals surface area (Å²) in [5, 5.41) is 5.73. The summed E-state index contributed by atoms with van der Waals surface area (Å²) in [5.74, 6) is 0.276. The third kappa shape index (κ3) is 8.36. The van der Waals surface area contributed by atoms with Crippen molar-refractivity contribution in [2.75, 3.05) is 46.5 Å². The number of methoxy groups -OCH3 is 1. The van der Waals surface area contributed by atoms with Gasteiger partial charge in [0.15, 0.2) is 18.1 Å². The fourth-order valence-electron chi connectivity index (χ4n) is 4.67. The lowest BCUT2D eigenvalue weighted by Crippen LogP contribution is -2.46. The van der Waals surface area contributed by atoms with Crippen molar-refractivity contribution in [1.29, 1.82) is 0 Å². The molecule has 1 aliphatic heterocycles. The molecule has 1 heterocycles. The predicted octanol–water partition coefficient (Wildman–Crippen LogP) is 1.84. The molecule has 0 saturated heterocycles. The molecule has 1 aliphatic carbocycles. The van der Waals surface area contributed by atoms with Gasteiger partial charge in [0.1, 0.15) is 0 Å². The Morgan fingerprint density at radius 2 is 1.95 bits per heavy atom. The van der Waals surface area contributed by atoms with Crippen LogP contribution in [0.4, 0.5) is 0 Å². The van der Waals surface area contributed by atoms with Crippen LogP contribution in [0.3, 0.4) is 0 Å². The van der Waals surface area contributed by atoms with Gasteiger partial charge in [-0.2, -0.15) is 0 Å². The number of nitrogens with one attached hydrogen (secondary N) is 2. The summed E-state index contributed by atoms with van der Waals surface area (Å²) in [6, 6.07) is 5.38. The quantitative estimate of drug-likeness (QED) is 0.572. The third-order valence-corrected chi connectivity index (χ3v) is 6.82. The van der Waals surface area contributed by atoms with Gasteiger partial charge in [-0.3, -0.25) is 19.2 Å². The Labute approximate surface area is 218 Å². The van der Waals surface area contributed by atoms with E-state index in [1.807, 2.05) is 6.07 Å². The van der Waals surface area contributed by atoms with Crippen LogP contribution in [0.2, 0.25) is 0 Å². The largest absolute Gasteiger partial charge is 0.493 e. The van der Waals surface area contributed by atoms with Gasteiger partial charge in [0, 0.05) is 39.5 Å². The van der Waals surface area contributed by atoms with Crippen LogP contribution in [0, 0.1) is 11.3 Å². The maximum atomic E-state index is 13.4. The van der Waals surface area contributed by atoms with Crippen LogP contribution >= 0.6 is 0 Å². The smallest absolute Gasteiger partial charge is 0.314 e. The first-order chi connectivity index (χ1) is 17.8. The molecule has 0 aromatic heterocycles. The van der Waals surface area contributed by atoms with Crippen molar-refractivity contribution in [2.24, 2.45) is 11.3 Å². The van der Waals surface area contributed by atoms with E-state index in [4.69, 9.17) is 14.2 Å². The molecule has 37 heavy (non-hydrogen) atoms. The third-order valence-electron chi connectivity index (χ3n) is 6.82. The van der Waals surface area contributed by atoms with Crippen LogP contribution in [0.25, 0.3) is 0 Å². The Bertz CT molecular complexity index is 979. The lowest BCUT2D eigenvalue weighted by Gasteiger charge is -2.32. The minimum Gasteiger partial charge on any atom is -0.493 e. The average molecular weight is 518 g/mol. The number of carbonyl (C=O) groups excluding carboxylic acids is 4. The maximum Gasteiger partial charge on any atom is 0.314 e. The summed E-state index contributed by atoms with van der Waals surface area (Å²) >= 11 is 0. The normalized spacial score (nSPS) is 22.0. The van der Waals surface area contributed by atoms with Crippen molar-refractivity contribution >= 4 is 23.7 Å². The summed E-state index contributed by atoms with van der Waals surface area (Å²) in [4.78, 5) is 52.1. The van der Waals surface area contributed by atoms with Crippen LogP contribution in [-0.4, -0.2) is 75.1 Å². The van der Waals surface area contributed by atoms with Gasteiger partial charge in [-0.15, -0.1) is 0 Å². The minimum atomic E-state index is -0.938. The lowest BCUT2D eigenvalue weighted by atomic mass is 9.76. The summed E-state index contributed by atoms with van der Waals surface area (Å²) in [6.07, 6.45) is 3.73. The fourth-order valence-corrected chi connectivity index (χ4v) is 4.67. The van der Waals surface area contributed by atoms with Crippen molar-refractivity contribution in [3.63, 3.8) is 0 Å². The number of hydrogen-bond acceptors (Lipinski definition) is 7. The molecule has 0 radical (unpaired) electrons. The zero-order chi connectivity index (χ0) is 26.8. The zero-order valence-corrected chi connectivity index (χ0v) is 22.1. The van der Waals surface area contributed by atoms with Crippen LogP contribution in [0.15, 0.2) is 18.2 Å². The Morgan fingerprint density at radius 3 is 2.62 bits per heavy atom. The first kappa shape index (κ1) is 28.3. The number of fused-ring (bicyclic) bond motifs is 2. The zero-order valence-electron chi connectivity index (χ0n) is 22.1. The second kappa shape index (κ2) is 13.3. The van der Waals surface area contributed by atoms with E-state index in [1.54, 1.807) is 24.0 Å². The summed E-state index contributed by atoms with van der Waals surface area (Å²) in [5.41, 5.74) is -0.121. The molecule has 10 heteroatoms. The van der Waals surface area contributed by atoms with Gasteiger partial charge in [-0.1, -0.05) is 18.9 Å². The minimum absolute atomic E-state index is 0.132. The van der Waals surface area contributed by atoms with Crippen LogP contribution < -0.4 is 20.1 Å². The van der Waals surface area contributed by atoms with Crippen molar-refractivity contribution in [2.45, 2.75) is 52.4 Å². The molecule has 2 bridgehead atoms. The van der Waals surface area contributed by atoms with Crippen molar-refractivity contribution in [3.05, 3.63) is 23.8 Å². The number of nitrogens with zero attached hydrogens (tertiary/aromatic N) is 1. The topological polar surface area (TPSA) is 123 Å². The molecule has 1 aromatic rings. The molecular weight excluding hydrogens is 478 g/mol. The summed E-state index contributed by atoms with van der Waals surface area (Å²) < 4.78 is 16.7. The molecule has 2 aliphatic rings. The summed E-state index contributed by atoms with van der Waals surface area (Å²) in [7, 11) is 1.52. The van der Waals surface area contributed by atoms with Gasteiger partial charge >= 0.3 is 5.97 Å². The number of ether oxygens (including phenoxy) is 3. The lowest BCUT2D eigenvalue weighted by molar-refractivity contribution is -0.156. The van der Waals surface area contributed by atoms with Crippen molar-refractivity contribution < 1.29 is 33.4 Å². The van der Waals surface area contributed by atoms with E-state index in [0.717, 1.165) is 18.4 Å². The monoisotopic (exact) mass is 517 g/mol.